The number of pyridine rings is 2. The zero-order valence-corrected chi connectivity index (χ0v) is 20.4. The number of anilines is 1. The van der Waals surface area contributed by atoms with Crippen molar-refractivity contribution in [3.05, 3.63) is 98.7 Å². The molecule has 4 heterocycles. The predicted octanol–water partition coefficient (Wildman–Crippen LogP) is 5.08. The van der Waals surface area contributed by atoms with Gasteiger partial charge >= 0.3 is 0 Å². The molecule has 1 unspecified atom stereocenters. The van der Waals surface area contributed by atoms with Gasteiger partial charge in [-0.15, -0.1) is 0 Å². The normalized spacial score (nSPS) is 15.2. The van der Waals surface area contributed by atoms with Crippen LogP contribution >= 0.6 is 11.6 Å². The molecule has 0 bridgehead atoms. The van der Waals surface area contributed by atoms with Gasteiger partial charge in [0.2, 0.25) is 5.95 Å². The molecule has 1 aromatic carbocycles. The molecule has 0 aliphatic carbocycles. The summed E-state index contributed by atoms with van der Waals surface area (Å²) >= 11 is 6.16. The zero-order chi connectivity index (χ0) is 25.0. The number of benzene rings is 1. The van der Waals surface area contributed by atoms with Gasteiger partial charge in [-0.3, -0.25) is 14.5 Å². The fourth-order valence-corrected chi connectivity index (χ4v) is 4.82. The van der Waals surface area contributed by atoms with E-state index >= 15 is 0 Å². The van der Waals surface area contributed by atoms with Crippen LogP contribution in [0.25, 0.3) is 11.4 Å². The first kappa shape index (κ1) is 23.0. The Morgan fingerprint density at radius 1 is 1.11 bits per heavy atom. The lowest BCUT2D eigenvalue weighted by Gasteiger charge is -2.29. The minimum absolute atomic E-state index is 0.134. The number of aromatic nitrogens is 4. The van der Waals surface area contributed by atoms with E-state index in [0.717, 1.165) is 5.56 Å². The minimum atomic E-state index is -0.654. The summed E-state index contributed by atoms with van der Waals surface area (Å²) in [6.07, 6.45) is 3.02. The van der Waals surface area contributed by atoms with E-state index in [1.54, 1.807) is 55.4 Å². The van der Waals surface area contributed by atoms with Crippen LogP contribution in [0.1, 0.15) is 53.2 Å². The summed E-state index contributed by atoms with van der Waals surface area (Å²) in [5, 5.41) is 0.568. The van der Waals surface area contributed by atoms with E-state index in [2.05, 4.69) is 9.97 Å². The molecule has 1 aliphatic heterocycles. The van der Waals surface area contributed by atoms with E-state index in [1.165, 1.54) is 10.8 Å². The van der Waals surface area contributed by atoms with Crippen molar-refractivity contribution in [2.24, 2.45) is 7.05 Å². The third-order valence-electron chi connectivity index (χ3n) is 6.21. The Morgan fingerprint density at radius 2 is 1.83 bits per heavy atom. The second kappa shape index (κ2) is 8.46. The van der Waals surface area contributed by atoms with Gasteiger partial charge in [0.05, 0.1) is 16.9 Å². The number of carbonyl (C=O) groups excluding carboxylic acids is 1. The fraction of sp³-hybridized carbons (Fsp3) is 0.231. The van der Waals surface area contributed by atoms with Gasteiger partial charge in [-0.1, -0.05) is 23.7 Å². The molecule has 4 aromatic rings. The highest BCUT2D eigenvalue weighted by Gasteiger charge is 2.45. The highest BCUT2D eigenvalue weighted by molar-refractivity contribution is 6.30. The molecule has 1 aliphatic rings. The van der Waals surface area contributed by atoms with Gasteiger partial charge in [-0.25, -0.2) is 9.97 Å². The van der Waals surface area contributed by atoms with Crippen molar-refractivity contribution in [3.63, 3.8) is 0 Å². The number of aryl methyl sites for hydroxylation is 2. The number of hydrogen-bond donors (Lipinski definition) is 0. The molecular weight excluding hydrogens is 469 g/mol. The second-order valence-electron chi connectivity index (χ2n) is 8.90. The molecule has 0 fully saturated rings. The van der Waals surface area contributed by atoms with E-state index in [9.17, 15) is 14.0 Å². The van der Waals surface area contributed by atoms with Gasteiger partial charge in [0.1, 0.15) is 11.9 Å². The van der Waals surface area contributed by atoms with Crippen LogP contribution < -0.4 is 10.5 Å². The Morgan fingerprint density at radius 3 is 2.46 bits per heavy atom. The molecule has 1 atom stereocenters. The van der Waals surface area contributed by atoms with Gasteiger partial charge in [-0.05, 0) is 56.7 Å². The van der Waals surface area contributed by atoms with Gasteiger partial charge < -0.3 is 9.13 Å². The second-order valence-corrected chi connectivity index (χ2v) is 9.34. The number of imidazole rings is 1. The number of carbonyl (C=O) groups is 1. The van der Waals surface area contributed by atoms with E-state index in [0.29, 0.717) is 27.8 Å². The summed E-state index contributed by atoms with van der Waals surface area (Å²) in [5.41, 5.74) is 2.87. The van der Waals surface area contributed by atoms with E-state index in [-0.39, 0.29) is 28.8 Å². The largest absolute Gasteiger partial charge is 0.322 e. The molecule has 0 saturated carbocycles. The Kier molecular flexibility index (Phi) is 5.56. The standard InChI is InChI=1S/C26H23ClFN5O2/c1-14(2)32-22-20(30-24(32)19-6-5-11-29-23(19)28)26(35)33(18-12-15(3)25(34)31(4)13-18)21(22)16-7-9-17(27)10-8-16/h5-14,21H,1-4H3. The van der Waals surface area contributed by atoms with Crippen molar-refractivity contribution in [1.82, 2.24) is 19.1 Å². The predicted molar refractivity (Wildman–Crippen MR) is 132 cm³/mol. The summed E-state index contributed by atoms with van der Waals surface area (Å²) in [6.45, 7) is 5.64. The molecule has 1 amide bonds. The highest BCUT2D eigenvalue weighted by atomic mass is 35.5. The fourth-order valence-electron chi connectivity index (χ4n) is 4.69. The molecule has 5 rings (SSSR count). The maximum Gasteiger partial charge on any atom is 0.279 e. The number of hydrogen-bond acceptors (Lipinski definition) is 4. The lowest BCUT2D eigenvalue weighted by molar-refractivity contribution is 0.0989. The summed E-state index contributed by atoms with van der Waals surface area (Å²) in [4.78, 5) is 36.3. The zero-order valence-electron chi connectivity index (χ0n) is 19.7. The Labute approximate surface area is 206 Å². The van der Waals surface area contributed by atoms with Crippen molar-refractivity contribution in [3.8, 4) is 11.4 Å². The van der Waals surface area contributed by atoms with Gasteiger partial charge in [0.15, 0.2) is 5.69 Å². The number of rotatable bonds is 4. The molecular formula is C26H23ClFN5O2. The summed E-state index contributed by atoms with van der Waals surface area (Å²) in [6, 6.07) is 11.5. The lowest BCUT2D eigenvalue weighted by Crippen LogP contribution is -2.32. The van der Waals surface area contributed by atoms with Crippen LogP contribution in [0, 0.1) is 12.9 Å². The topological polar surface area (TPSA) is 73.0 Å². The Balaban J connectivity index is 1.80. The van der Waals surface area contributed by atoms with Crippen LogP contribution in [0.5, 0.6) is 0 Å². The number of amides is 1. The molecule has 9 heteroatoms. The summed E-state index contributed by atoms with van der Waals surface area (Å²) in [5.74, 6) is -0.638. The van der Waals surface area contributed by atoms with Gasteiger partial charge in [0.25, 0.3) is 11.5 Å². The monoisotopic (exact) mass is 491 g/mol. The van der Waals surface area contributed by atoms with Crippen molar-refractivity contribution in [1.29, 1.82) is 0 Å². The van der Waals surface area contributed by atoms with E-state index in [1.807, 2.05) is 30.5 Å². The average molecular weight is 492 g/mol. The van der Waals surface area contributed by atoms with E-state index in [4.69, 9.17) is 11.6 Å². The quantitative estimate of drug-likeness (QED) is 0.373. The Hall–Kier alpha value is -3.78. The lowest BCUT2D eigenvalue weighted by atomic mass is 10.0. The first-order chi connectivity index (χ1) is 16.7. The average Bonchev–Trinajstić information content (AvgIpc) is 3.33. The van der Waals surface area contributed by atoms with Crippen LogP contribution in [-0.4, -0.2) is 25.0 Å². The van der Waals surface area contributed by atoms with Crippen LogP contribution in [0.2, 0.25) is 5.02 Å². The first-order valence-electron chi connectivity index (χ1n) is 11.2. The minimum Gasteiger partial charge on any atom is -0.322 e. The van der Waals surface area contributed by atoms with Crippen LogP contribution in [-0.2, 0) is 7.05 Å². The van der Waals surface area contributed by atoms with Crippen LogP contribution in [0.3, 0.4) is 0 Å². The highest BCUT2D eigenvalue weighted by Crippen LogP contribution is 2.44. The SMILES string of the molecule is Cc1cc(N2C(=O)c3nc(-c4cccnc4F)n(C(C)C)c3C2c2ccc(Cl)cc2)cn(C)c1=O. The third-order valence-corrected chi connectivity index (χ3v) is 6.47. The molecule has 3 aromatic heterocycles. The van der Waals surface area contributed by atoms with Crippen LogP contribution in [0.15, 0.2) is 59.7 Å². The Bertz CT molecular complexity index is 1500. The third kappa shape index (κ3) is 3.65. The molecule has 178 valence electrons. The maximum atomic E-state index is 14.7. The molecule has 0 spiro atoms. The van der Waals surface area contributed by atoms with Crippen molar-refractivity contribution >= 4 is 23.2 Å². The summed E-state index contributed by atoms with van der Waals surface area (Å²) < 4.78 is 18.1. The smallest absolute Gasteiger partial charge is 0.279 e. The number of fused-ring (bicyclic) bond motifs is 1. The molecule has 35 heavy (non-hydrogen) atoms. The maximum absolute atomic E-state index is 14.7. The molecule has 0 saturated heterocycles. The summed E-state index contributed by atoms with van der Waals surface area (Å²) in [7, 11) is 1.65. The molecule has 0 N–H and O–H groups in total. The molecule has 0 radical (unpaired) electrons. The molecule has 7 nitrogen and oxygen atoms in total. The van der Waals surface area contributed by atoms with Gasteiger partial charge in [-0.2, -0.15) is 4.39 Å². The number of nitrogens with zero attached hydrogens (tertiary/aromatic N) is 5. The first-order valence-corrected chi connectivity index (χ1v) is 11.6. The van der Waals surface area contributed by atoms with Crippen LogP contribution in [0.4, 0.5) is 10.1 Å². The van der Waals surface area contributed by atoms with E-state index < -0.39 is 12.0 Å². The number of halogens is 2. The van der Waals surface area contributed by atoms with Crippen molar-refractivity contribution in [2.75, 3.05) is 4.90 Å². The van der Waals surface area contributed by atoms with Gasteiger partial charge in [0, 0.05) is 36.1 Å². The van der Waals surface area contributed by atoms with Crippen molar-refractivity contribution < 1.29 is 9.18 Å². The van der Waals surface area contributed by atoms with Crippen molar-refractivity contribution in [2.45, 2.75) is 32.9 Å².